The van der Waals surface area contributed by atoms with Crippen molar-refractivity contribution < 1.29 is 9.53 Å². The van der Waals surface area contributed by atoms with Crippen molar-refractivity contribution in [2.75, 3.05) is 13.2 Å². The van der Waals surface area contributed by atoms with Crippen LogP contribution in [0.25, 0.3) is 6.08 Å². The van der Waals surface area contributed by atoms with E-state index in [2.05, 4.69) is 9.97 Å². The SMILES string of the molecule is O=C1/C(=C/c2ccncc2)COCC1Cc1ccncc1. The standard InChI is InChI=1S/C17H16N2O2/c20-17-15(9-13-1-5-18-6-2-13)11-21-12-16(17)10-14-3-7-19-8-4-14/h1-9,16H,10-12H2/b15-9+. The van der Waals surface area contributed by atoms with Crippen molar-refractivity contribution in [3.63, 3.8) is 0 Å². The van der Waals surface area contributed by atoms with E-state index < -0.39 is 0 Å². The van der Waals surface area contributed by atoms with Gasteiger partial charge in [-0.2, -0.15) is 0 Å². The molecule has 1 unspecified atom stereocenters. The summed E-state index contributed by atoms with van der Waals surface area (Å²) in [6.07, 6.45) is 9.51. The average molecular weight is 280 g/mol. The van der Waals surface area contributed by atoms with Crippen LogP contribution in [0.5, 0.6) is 0 Å². The van der Waals surface area contributed by atoms with Gasteiger partial charge in [-0.25, -0.2) is 0 Å². The molecule has 21 heavy (non-hydrogen) atoms. The molecular weight excluding hydrogens is 264 g/mol. The molecule has 1 fully saturated rings. The van der Waals surface area contributed by atoms with Gasteiger partial charge in [0.1, 0.15) is 0 Å². The molecule has 1 saturated heterocycles. The fourth-order valence-electron chi connectivity index (χ4n) is 2.45. The van der Waals surface area contributed by atoms with Gasteiger partial charge in [-0.15, -0.1) is 0 Å². The summed E-state index contributed by atoms with van der Waals surface area (Å²) >= 11 is 0. The molecule has 0 aliphatic carbocycles. The Kier molecular flexibility index (Phi) is 4.17. The van der Waals surface area contributed by atoms with Crippen LogP contribution < -0.4 is 0 Å². The quantitative estimate of drug-likeness (QED) is 0.810. The maximum Gasteiger partial charge on any atom is 0.166 e. The minimum Gasteiger partial charge on any atom is -0.376 e. The topological polar surface area (TPSA) is 52.1 Å². The number of ketones is 1. The monoisotopic (exact) mass is 280 g/mol. The summed E-state index contributed by atoms with van der Waals surface area (Å²) in [5.41, 5.74) is 2.81. The highest BCUT2D eigenvalue weighted by atomic mass is 16.5. The summed E-state index contributed by atoms with van der Waals surface area (Å²) in [5, 5.41) is 0. The third-order valence-corrected chi connectivity index (χ3v) is 3.54. The van der Waals surface area contributed by atoms with Gasteiger partial charge in [0, 0.05) is 36.3 Å². The van der Waals surface area contributed by atoms with Crippen LogP contribution in [0.2, 0.25) is 0 Å². The fourth-order valence-corrected chi connectivity index (χ4v) is 2.45. The van der Waals surface area contributed by atoms with Gasteiger partial charge >= 0.3 is 0 Å². The second-order valence-electron chi connectivity index (χ2n) is 5.09. The van der Waals surface area contributed by atoms with E-state index in [-0.39, 0.29) is 11.7 Å². The number of ether oxygens (including phenoxy) is 1. The third-order valence-electron chi connectivity index (χ3n) is 3.54. The molecule has 0 spiro atoms. The first-order valence-corrected chi connectivity index (χ1v) is 6.94. The van der Waals surface area contributed by atoms with E-state index in [1.54, 1.807) is 24.8 Å². The second kappa shape index (κ2) is 6.41. The Bertz CT molecular complexity index is 638. The van der Waals surface area contributed by atoms with Gasteiger partial charge in [0.2, 0.25) is 0 Å². The average Bonchev–Trinajstić information content (AvgIpc) is 2.53. The Balaban J connectivity index is 1.76. The first-order chi connectivity index (χ1) is 10.3. The molecule has 0 N–H and O–H groups in total. The molecule has 4 nitrogen and oxygen atoms in total. The second-order valence-corrected chi connectivity index (χ2v) is 5.09. The molecule has 1 aliphatic rings. The maximum absolute atomic E-state index is 12.6. The number of carbonyl (C=O) groups is 1. The highest BCUT2D eigenvalue weighted by Gasteiger charge is 2.27. The molecule has 3 heterocycles. The number of nitrogens with zero attached hydrogens (tertiary/aromatic N) is 2. The van der Waals surface area contributed by atoms with Crippen molar-refractivity contribution in [3.05, 3.63) is 65.8 Å². The predicted octanol–water partition coefficient (Wildman–Crippen LogP) is 2.32. The Morgan fingerprint density at radius 2 is 1.76 bits per heavy atom. The molecule has 106 valence electrons. The summed E-state index contributed by atoms with van der Waals surface area (Å²) in [4.78, 5) is 20.5. The van der Waals surface area contributed by atoms with Gasteiger partial charge in [-0.05, 0) is 47.9 Å². The summed E-state index contributed by atoms with van der Waals surface area (Å²) < 4.78 is 5.59. The van der Waals surface area contributed by atoms with Gasteiger partial charge in [0.25, 0.3) is 0 Å². The van der Waals surface area contributed by atoms with E-state index in [1.165, 1.54) is 0 Å². The number of carbonyl (C=O) groups excluding carboxylic acids is 1. The van der Waals surface area contributed by atoms with Gasteiger partial charge < -0.3 is 4.74 Å². The maximum atomic E-state index is 12.6. The van der Waals surface area contributed by atoms with Gasteiger partial charge in [-0.1, -0.05) is 0 Å². The summed E-state index contributed by atoms with van der Waals surface area (Å²) in [6, 6.07) is 7.64. The van der Waals surface area contributed by atoms with Crippen LogP contribution in [0.15, 0.2) is 54.6 Å². The summed E-state index contributed by atoms with van der Waals surface area (Å²) in [6.45, 7) is 0.864. The first kappa shape index (κ1) is 13.6. The minimum atomic E-state index is -0.116. The Morgan fingerprint density at radius 3 is 2.48 bits per heavy atom. The fraction of sp³-hybridized carbons (Fsp3) is 0.235. The molecule has 0 saturated carbocycles. The van der Waals surface area contributed by atoms with Gasteiger partial charge in [0.15, 0.2) is 5.78 Å². The van der Waals surface area contributed by atoms with Crippen LogP contribution in [-0.4, -0.2) is 29.0 Å². The molecule has 0 amide bonds. The zero-order chi connectivity index (χ0) is 14.5. The van der Waals surface area contributed by atoms with E-state index >= 15 is 0 Å². The van der Waals surface area contributed by atoms with Crippen LogP contribution >= 0.6 is 0 Å². The van der Waals surface area contributed by atoms with Crippen molar-refractivity contribution in [1.82, 2.24) is 9.97 Å². The largest absolute Gasteiger partial charge is 0.376 e. The van der Waals surface area contributed by atoms with E-state index in [4.69, 9.17) is 4.74 Å². The molecule has 3 rings (SSSR count). The van der Waals surface area contributed by atoms with Gasteiger partial charge in [0.05, 0.1) is 13.2 Å². The van der Waals surface area contributed by atoms with Crippen LogP contribution in [0.4, 0.5) is 0 Å². The van der Waals surface area contributed by atoms with E-state index in [1.807, 2.05) is 30.3 Å². The number of hydrogen-bond acceptors (Lipinski definition) is 4. The smallest absolute Gasteiger partial charge is 0.166 e. The molecule has 0 aromatic carbocycles. The first-order valence-electron chi connectivity index (χ1n) is 6.94. The van der Waals surface area contributed by atoms with Crippen LogP contribution in [-0.2, 0) is 16.0 Å². The zero-order valence-corrected chi connectivity index (χ0v) is 11.6. The molecular formula is C17H16N2O2. The lowest BCUT2D eigenvalue weighted by molar-refractivity contribution is -0.124. The van der Waals surface area contributed by atoms with Crippen LogP contribution in [0, 0.1) is 5.92 Å². The lowest BCUT2D eigenvalue weighted by atomic mass is 9.90. The molecule has 0 radical (unpaired) electrons. The number of hydrogen-bond donors (Lipinski definition) is 0. The number of aromatic nitrogens is 2. The van der Waals surface area contributed by atoms with Crippen molar-refractivity contribution in [2.45, 2.75) is 6.42 Å². The number of rotatable bonds is 3. The van der Waals surface area contributed by atoms with Crippen molar-refractivity contribution in [3.8, 4) is 0 Å². The van der Waals surface area contributed by atoms with Crippen molar-refractivity contribution in [1.29, 1.82) is 0 Å². The van der Waals surface area contributed by atoms with E-state index in [0.717, 1.165) is 16.7 Å². The Hall–Kier alpha value is -2.33. The highest BCUT2D eigenvalue weighted by Crippen LogP contribution is 2.21. The normalized spacial score (nSPS) is 20.7. The molecule has 2 aromatic heterocycles. The third kappa shape index (κ3) is 3.41. The van der Waals surface area contributed by atoms with E-state index in [9.17, 15) is 4.79 Å². The lowest BCUT2D eigenvalue weighted by Crippen LogP contribution is -2.31. The van der Waals surface area contributed by atoms with Gasteiger partial charge in [-0.3, -0.25) is 14.8 Å². The van der Waals surface area contributed by atoms with Crippen LogP contribution in [0.1, 0.15) is 11.1 Å². The molecule has 1 aliphatic heterocycles. The summed E-state index contributed by atoms with van der Waals surface area (Å²) in [7, 11) is 0. The molecule has 4 heteroatoms. The Labute approximate surface area is 123 Å². The number of pyridine rings is 2. The minimum absolute atomic E-state index is 0.116. The number of Topliss-reactive ketones (excluding diaryl/α,β-unsaturated/α-hetero) is 1. The molecule has 0 bridgehead atoms. The van der Waals surface area contributed by atoms with Crippen molar-refractivity contribution in [2.24, 2.45) is 5.92 Å². The Morgan fingerprint density at radius 1 is 1.10 bits per heavy atom. The van der Waals surface area contributed by atoms with E-state index in [0.29, 0.717) is 19.6 Å². The molecule has 2 aromatic rings. The highest BCUT2D eigenvalue weighted by molar-refractivity contribution is 6.02. The van der Waals surface area contributed by atoms with Crippen LogP contribution in [0.3, 0.4) is 0 Å². The lowest BCUT2D eigenvalue weighted by Gasteiger charge is -2.23. The molecule has 1 atom stereocenters. The predicted molar refractivity (Wildman–Crippen MR) is 79.5 cm³/mol. The zero-order valence-electron chi connectivity index (χ0n) is 11.6. The van der Waals surface area contributed by atoms with Crippen molar-refractivity contribution >= 4 is 11.9 Å². The summed E-state index contributed by atoms with van der Waals surface area (Å²) in [5.74, 6) is 0.0594.